The van der Waals surface area contributed by atoms with Gasteiger partial charge in [-0.3, -0.25) is 0 Å². The molecule has 6 radical (unpaired) electrons. The first-order valence-corrected chi connectivity index (χ1v) is 5.53. The van der Waals surface area contributed by atoms with Gasteiger partial charge in [-0.05, 0) is 13.8 Å². The molecule has 0 saturated carbocycles. The lowest BCUT2D eigenvalue weighted by molar-refractivity contribution is 0.0646. The van der Waals surface area contributed by atoms with Gasteiger partial charge in [0, 0.05) is 11.6 Å². The number of aromatic nitrogens is 2. The zero-order chi connectivity index (χ0) is 13.6. The Morgan fingerprint density at radius 1 is 1.12 bits per heavy atom. The third-order valence-electron chi connectivity index (χ3n) is 2.44. The molecule has 0 bridgehead atoms. The van der Waals surface area contributed by atoms with Crippen LogP contribution < -0.4 is 0 Å². The van der Waals surface area contributed by atoms with Crippen molar-refractivity contribution in [3.63, 3.8) is 0 Å². The van der Waals surface area contributed by atoms with Crippen molar-refractivity contribution < 1.29 is 5.11 Å². The van der Waals surface area contributed by atoms with Crippen LogP contribution in [0.15, 0.2) is 6.20 Å². The van der Waals surface area contributed by atoms with Crippen LogP contribution in [0.5, 0.6) is 0 Å². The lowest BCUT2D eigenvalue weighted by Crippen LogP contribution is -2.39. The van der Waals surface area contributed by atoms with Gasteiger partial charge in [-0.2, -0.15) is 0 Å². The van der Waals surface area contributed by atoms with Gasteiger partial charge in [0.15, 0.2) is 0 Å². The Bertz CT molecular complexity index is 376. The Morgan fingerprint density at radius 3 is 1.82 bits per heavy atom. The van der Waals surface area contributed by atoms with E-state index in [1.807, 2.05) is 20.8 Å². The summed E-state index contributed by atoms with van der Waals surface area (Å²) in [4.78, 5) is 4.39. The fraction of sp³-hybridized carbons (Fsp3) is 0.727. The molecule has 1 rings (SSSR count). The van der Waals surface area contributed by atoms with Crippen molar-refractivity contribution in [3.8, 4) is 0 Å². The van der Waals surface area contributed by atoms with E-state index in [9.17, 15) is 5.11 Å². The van der Waals surface area contributed by atoms with Crippen LogP contribution >= 0.6 is 0 Å². The van der Waals surface area contributed by atoms with Crippen LogP contribution in [0.1, 0.15) is 46.1 Å². The zero-order valence-electron chi connectivity index (χ0n) is 11.2. The molecule has 17 heavy (non-hydrogen) atoms. The number of hydrogen-bond donors (Lipinski definition) is 1. The Balaban J connectivity index is 3.44. The summed E-state index contributed by atoms with van der Waals surface area (Å²) < 4.78 is 1.41. The summed E-state index contributed by atoms with van der Waals surface area (Å²) in [6, 6.07) is 0. The minimum atomic E-state index is -1.58. The quantitative estimate of drug-likeness (QED) is 0.744. The Morgan fingerprint density at radius 2 is 1.59 bits per heavy atom. The maximum Gasteiger partial charge on any atom is 0.138 e. The molecule has 86 valence electrons. The number of nitrogens with zero attached hydrogens (tertiary/aromatic N) is 2. The fourth-order valence-corrected chi connectivity index (χ4v) is 1.47. The van der Waals surface area contributed by atoms with Crippen LogP contribution in [0, 0.1) is 0 Å². The van der Waals surface area contributed by atoms with Crippen molar-refractivity contribution in [2.45, 2.75) is 50.9 Å². The average Bonchev–Trinajstić information content (AvgIpc) is 2.42. The highest BCUT2D eigenvalue weighted by molar-refractivity contribution is 6.56. The van der Waals surface area contributed by atoms with E-state index in [4.69, 9.17) is 23.5 Å². The minimum absolute atomic E-state index is 0.170. The molecular formula is C11H17B3N2O. The van der Waals surface area contributed by atoms with Gasteiger partial charge in [0.1, 0.15) is 11.4 Å². The van der Waals surface area contributed by atoms with E-state index < -0.39 is 10.8 Å². The van der Waals surface area contributed by atoms with Gasteiger partial charge < -0.3 is 9.67 Å². The molecule has 1 aromatic heterocycles. The van der Waals surface area contributed by atoms with Crippen LogP contribution in [0.2, 0.25) is 0 Å². The molecule has 0 aliphatic carbocycles. The zero-order valence-corrected chi connectivity index (χ0v) is 11.2. The average molecular weight is 226 g/mol. The van der Waals surface area contributed by atoms with E-state index in [-0.39, 0.29) is 5.41 Å². The van der Waals surface area contributed by atoms with Gasteiger partial charge in [-0.15, -0.1) is 0 Å². The lowest BCUT2D eigenvalue weighted by atomic mass is 9.49. The van der Waals surface area contributed by atoms with Crippen LogP contribution in [-0.4, -0.2) is 38.2 Å². The van der Waals surface area contributed by atoms with Crippen molar-refractivity contribution in [3.05, 3.63) is 17.7 Å². The molecule has 6 heteroatoms. The van der Waals surface area contributed by atoms with Crippen molar-refractivity contribution in [1.29, 1.82) is 0 Å². The highest BCUT2D eigenvalue weighted by Crippen LogP contribution is 2.28. The minimum Gasteiger partial charge on any atom is -0.383 e. The topological polar surface area (TPSA) is 38.0 Å². The normalized spacial score (nSPS) is 14.0. The number of aliphatic hydroxyl groups is 1. The van der Waals surface area contributed by atoms with E-state index in [2.05, 4.69) is 4.98 Å². The standard InChI is InChI=1S/C11H17B3N2O/c1-9(2,3)7-6-16(11(12,13)14)8(15-7)10(4,5)17/h6,17H,1-5H3. The van der Waals surface area contributed by atoms with E-state index in [0.29, 0.717) is 5.82 Å². The highest BCUT2D eigenvalue weighted by Gasteiger charge is 2.30. The molecule has 0 atom stereocenters. The molecule has 0 aliphatic heterocycles. The Labute approximate surface area is 107 Å². The smallest absolute Gasteiger partial charge is 0.138 e. The molecule has 1 N–H and O–H groups in total. The molecule has 3 nitrogen and oxygen atoms in total. The van der Waals surface area contributed by atoms with Crippen molar-refractivity contribution in [2.24, 2.45) is 0 Å². The molecule has 0 aromatic carbocycles. The Hall–Kier alpha value is -0.635. The second kappa shape index (κ2) is 3.94. The highest BCUT2D eigenvalue weighted by atomic mass is 16.3. The predicted molar refractivity (Wildman–Crippen MR) is 71.4 cm³/mol. The van der Waals surface area contributed by atoms with Crippen LogP contribution in [-0.2, 0) is 16.3 Å². The van der Waals surface area contributed by atoms with E-state index in [1.54, 1.807) is 20.0 Å². The second-order valence-electron chi connectivity index (χ2n) is 6.02. The summed E-state index contributed by atoms with van der Waals surface area (Å²) in [6.45, 7) is 9.27. The summed E-state index contributed by atoms with van der Waals surface area (Å²) in [5.41, 5.74) is -0.552. The SMILES string of the molecule is [B]C([B])([B])n1cc(C(C)(C)C)nc1C(C)(C)O. The molecule has 0 unspecified atom stereocenters. The van der Waals surface area contributed by atoms with Crippen LogP contribution in [0.25, 0.3) is 0 Å². The lowest BCUT2D eigenvalue weighted by Gasteiger charge is -2.29. The van der Waals surface area contributed by atoms with E-state index in [0.717, 1.165) is 5.69 Å². The molecule has 0 fully saturated rings. The first kappa shape index (κ1) is 14.4. The largest absolute Gasteiger partial charge is 0.383 e. The van der Waals surface area contributed by atoms with Crippen LogP contribution in [0.4, 0.5) is 0 Å². The summed E-state index contributed by atoms with van der Waals surface area (Å²) >= 11 is 0. The van der Waals surface area contributed by atoms with Gasteiger partial charge in [0.05, 0.1) is 29.2 Å². The van der Waals surface area contributed by atoms with Gasteiger partial charge in [0.2, 0.25) is 0 Å². The number of rotatable bonds is 2. The molecule has 0 saturated heterocycles. The first-order valence-electron chi connectivity index (χ1n) is 5.53. The van der Waals surface area contributed by atoms with Gasteiger partial charge in [-0.25, -0.2) is 4.98 Å². The van der Waals surface area contributed by atoms with Gasteiger partial charge in [0.25, 0.3) is 0 Å². The summed E-state index contributed by atoms with van der Waals surface area (Å²) in [6.07, 6.45) is 1.69. The first-order chi connectivity index (χ1) is 7.33. The second-order valence-corrected chi connectivity index (χ2v) is 6.02. The Kier molecular flexibility index (Phi) is 3.34. The van der Waals surface area contributed by atoms with Gasteiger partial charge >= 0.3 is 0 Å². The predicted octanol–water partition coefficient (Wildman–Crippen LogP) is 0.481. The molecule has 0 aliphatic rings. The fourth-order valence-electron chi connectivity index (χ4n) is 1.47. The molecular weight excluding hydrogens is 209 g/mol. The summed E-state index contributed by atoms with van der Waals surface area (Å²) in [5.74, 6) is 0.356. The van der Waals surface area contributed by atoms with Crippen LogP contribution in [0.3, 0.4) is 0 Å². The molecule has 0 spiro atoms. The molecule has 1 heterocycles. The summed E-state index contributed by atoms with van der Waals surface area (Å²) in [7, 11) is 17.0. The maximum atomic E-state index is 10.1. The molecule has 0 amide bonds. The van der Waals surface area contributed by atoms with Crippen molar-refractivity contribution >= 4 is 23.5 Å². The van der Waals surface area contributed by atoms with Crippen molar-refractivity contribution in [2.75, 3.05) is 0 Å². The van der Waals surface area contributed by atoms with Crippen molar-refractivity contribution in [1.82, 2.24) is 9.55 Å². The maximum absolute atomic E-state index is 10.1. The number of imidazole rings is 1. The molecule has 1 aromatic rings. The van der Waals surface area contributed by atoms with E-state index in [1.165, 1.54) is 4.57 Å². The van der Waals surface area contributed by atoms with E-state index >= 15 is 0 Å². The number of hydrogen-bond acceptors (Lipinski definition) is 2. The third kappa shape index (κ3) is 3.18. The summed E-state index contributed by atoms with van der Waals surface area (Å²) in [5, 5.41) is 8.48. The third-order valence-corrected chi connectivity index (χ3v) is 2.44. The van der Waals surface area contributed by atoms with Gasteiger partial charge in [-0.1, -0.05) is 26.0 Å². The monoisotopic (exact) mass is 226 g/mol.